The van der Waals surface area contributed by atoms with Gasteiger partial charge in [0.25, 0.3) is 0 Å². The molecule has 1 aromatic heterocycles. The zero-order valence-corrected chi connectivity index (χ0v) is 9.51. The molecule has 1 heterocycles. The fourth-order valence-electron chi connectivity index (χ4n) is 1.01. The zero-order valence-electron chi connectivity index (χ0n) is 7.88. The van der Waals surface area contributed by atoms with E-state index < -0.39 is 11.8 Å². The summed E-state index contributed by atoms with van der Waals surface area (Å²) >= 11 is 2.82. The van der Waals surface area contributed by atoms with E-state index in [1.165, 1.54) is 17.5 Å². The summed E-state index contributed by atoms with van der Waals surface area (Å²) in [6.45, 7) is 0. The number of rotatable bonds is 5. The number of thioether (sulfide) groups is 1. The fourth-order valence-corrected chi connectivity index (χ4v) is 2.20. The Morgan fingerprint density at radius 3 is 2.93 bits per heavy atom. The molecule has 0 radical (unpaired) electrons. The Morgan fingerprint density at radius 1 is 1.71 bits per heavy atom. The number of hydrogen-bond acceptors (Lipinski definition) is 6. The quantitative estimate of drug-likeness (QED) is 0.641. The highest BCUT2D eigenvalue weighted by atomic mass is 32.2. The maximum absolute atomic E-state index is 9.74. The largest absolute Gasteiger partial charge is 0.359 e. The van der Waals surface area contributed by atoms with Gasteiger partial charge in [-0.15, -0.1) is 11.3 Å². The average molecular weight is 234 g/mol. The molecule has 0 spiro atoms. The monoisotopic (exact) mass is 234 g/mol. The third-order valence-electron chi connectivity index (χ3n) is 1.90. The highest BCUT2D eigenvalue weighted by Crippen LogP contribution is 2.24. The Labute approximate surface area is 91.2 Å². The first kappa shape index (κ1) is 11.9. The SMILES string of the molecule is CSCCC(N)C(O)(O)c1nccs1. The van der Waals surface area contributed by atoms with Crippen LogP contribution >= 0.6 is 23.1 Å². The molecule has 0 aromatic carbocycles. The smallest absolute Gasteiger partial charge is 0.232 e. The Morgan fingerprint density at radius 2 is 2.43 bits per heavy atom. The van der Waals surface area contributed by atoms with Gasteiger partial charge >= 0.3 is 0 Å². The van der Waals surface area contributed by atoms with Gasteiger partial charge in [0.1, 0.15) is 0 Å². The highest BCUT2D eigenvalue weighted by Gasteiger charge is 2.35. The van der Waals surface area contributed by atoms with Crippen LogP contribution in [0.25, 0.3) is 0 Å². The van der Waals surface area contributed by atoms with Crippen LogP contribution in [-0.4, -0.2) is 33.2 Å². The van der Waals surface area contributed by atoms with E-state index in [0.29, 0.717) is 6.42 Å². The summed E-state index contributed by atoms with van der Waals surface area (Å²) in [4.78, 5) is 3.85. The van der Waals surface area contributed by atoms with E-state index in [4.69, 9.17) is 5.73 Å². The maximum Gasteiger partial charge on any atom is 0.232 e. The Balaban J connectivity index is 2.64. The van der Waals surface area contributed by atoms with Gasteiger partial charge in [-0.05, 0) is 18.4 Å². The molecule has 0 aliphatic carbocycles. The number of nitrogens with zero attached hydrogens (tertiary/aromatic N) is 1. The summed E-state index contributed by atoms with van der Waals surface area (Å²) in [7, 11) is 0. The molecule has 1 unspecified atom stereocenters. The lowest BCUT2D eigenvalue weighted by Crippen LogP contribution is -2.45. The number of nitrogens with two attached hydrogens (primary N) is 1. The molecular formula is C8H14N2O2S2. The second kappa shape index (κ2) is 5.09. The van der Waals surface area contributed by atoms with E-state index in [2.05, 4.69) is 4.98 Å². The summed E-state index contributed by atoms with van der Waals surface area (Å²) < 4.78 is 0. The van der Waals surface area contributed by atoms with Crippen molar-refractivity contribution in [1.82, 2.24) is 4.98 Å². The molecule has 14 heavy (non-hydrogen) atoms. The van der Waals surface area contributed by atoms with Crippen LogP contribution in [0.2, 0.25) is 0 Å². The van der Waals surface area contributed by atoms with Crippen LogP contribution in [-0.2, 0) is 5.79 Å². The second-order valence-electron chi connectivity index (χ2n) is 2.95. The van der Waals surface area contributed by atoms with Crippen LogP contribution in [0, 0.1) is 0 Å². The first-order chi connectivity index (χ1) is 6.59. The zero-order chi connectivity index (χ0) is 10.6. The number of aliphatic hydroxyl groups is 2. The minimum atomic E-state index is -2.00. The molecule has 0 amide bonds. The van der Waals surface area contributed by atoms with Crippen molar-refractivity contribution in [2.75, 3.05) is 12.0 Å². The van der Waals surface area contributed by atoms with Crippen molar-refractivity contribution in [1.29, 1.82) is 0 Å². The Kier molecular flexibility index (Phi) is 4.33. The molecule has 1 rings (SSSR count). The molecule has 80 valence electrons. The predicted molar refractivity (Wildman–Crippen MR) is 59.2 cm³/mol. The van der Waals surface area contributed by atoms with Crippen molar-refractivity contribution < 1.29 is 10.2 Å². The van der Waals surface area contributed by atoms with Crippen molar-refractivity contribution in [3.8, 4) is 0 Å². The van der Waals surface area contributed by atoms with Crippen LogP contribution in [0.5, 0.6) is 0 Å². The van der Waals surface area contributed by atoms with E-state index >= 15 is 0 Å². The van der Waals surface area contributed by atoms with Gasteiger partial charge in [-0.2, -0.15) is 11.8 Å². The Bertz CT molecular complexity index is 264. The van der Waals surface area contributed by atoms with E-state index in [9.17, 15) is 10.2 Å². The van der Waals surface area contributed by atoms with Crippen LogP contribution in [0.15, 0.2) is 11.6 Å². The van der Waals surface area contributed by atoms with Crippen molar-refractivity contribution in [3.63, 3.8) is 0 Å². The van der Waals surface area contributed by atoms with Gasteiger partial charge in [-0.3, -0.25) is 0 Å². The van der Waals surface area contributed by atoms with Gasteiger partial charge in [0, 0.05) is 11.6 Å². The predicted octanol–water partition coefficient (Wildman–Crippen LogP) is 0.361. The second-order valence-corrected chi connectivity index (χ2v) is 4.83. The lowest BCUT2D eigenvalue weighted by molar-refractivity contribution is -0.186. The van der Waals surface area contributed by atoms with Gasteiger partial charge < -0.3 is 15.9 Å². The number of hydrogen-bond donors (Lipinski definition) is 3. The third kappa shape index (κ3) is 2.68. The van der Waals surface area contributed by atoms with Crippen molar-refractivity contribution >= 4 is 23.1 Å². The highest BCUT2D eigenvalue weighted by molar-refractivity contribution is 7.98. The molecule has 0 bridgehead atoms. The number of thiazole rings is 1. The summed E-state index contributed by atoms with van der Waals surface area (Å²) in [5, 5.41) is 21.4. The van der Waals surface area contributed by atoms with E-state index in [1.807, 2.05) is 6.26 Å². The van der Waals surface area contributed by atoms with Crippen LogP contribution in [0.4, 0.5) is 0 Å². The van der Waals surface area contributed by atoms with Crippen molar-refractivity contribution in [2.24, 2.45) is 5.73 Å². The van der Waals surface area contributed by atoms with Crippen LogP contribution in [0.1, 0.15) is 11.4 Å². The summed E-state index contributed by atoms with van der Waals surface area (Å²) in [5.74, 6) is -1.20. The molecular weight excluding hydrogens is 220 g/mol. The van der Waals surface area contributed by atoms with Gasteiger partial charge in [-0.25, -0.2) is 4.98 Å². The summed E-state index contributed by atoms with van der Waals surface area (Å²) in [5.41, 5.74) is 5.68. The molecule has 6 heteroatoms. The van der Waals surface area contributed by atoms with Gasteiger partial charge in [0.15, 0.2) is 5.01 Å². The Hall–Kier alpha value is -0.140. The van der Waals surface area contributed by atoms with E-state index in [-0.39, 0.29) is 5.01 Å². The third-order valence-corrected chi connectivity index (χ3v) is 3.43. The topological polar surface area (TPSA) is 79.4 Å². The first-order valence-corrected chi connectivity index (χ1v) is 6.45. The molecule has 4 nitrogen and oxygen atoms in total. The van der Waals surface area contributed by atoms with Crippen molar-refractivity contribution in [3.05, 3.63) is 16.6 Å². The summed E-state index contributed by atoms with van der Waals surface area (Å²) in [6.07, 6.45) is 4.03. The molecule has 1 atom stereocenters. The van der Waals surface area contributed by atoms with E-state index in [1.54, 1.807) is 17.1 Å². The van der Waals surface area contributed by atoms with Gasteiger partial charge in [-0.1, -0.05) is 0 Å². The molecule has 0 aliphatic heterocycles. The van der Waals surface area contributed by atoms with Crippen LogP contribution < -0.4 is 5.73 Å². The van der Waals surface area contributed by atoms with Crippen molar-refractivity contribution in [2.45, 2.75) is 18.2 Å². The lowest BCUT2D eigenvalue weighted by atomic mass is 10.1. The van der Waals surface area contributed by atoms with Gasteiger partial charge in [0.2, 0.25) is 5.79 Å². The van der Waals surface area contributed by atoms with Crippen LogP contribution in [0.3, 0.4) is 0 Å². The maximum atomic E-state index is 9.74. The molecule has 0 aliphatic rings. The van der Waals surface area contributed by atoms with E-state index in [0.717, 1.165) is 5.75 Å². The minimum Gasteiger partial charge on any atom is -0.359 e. The normalized spacial score (nSPS) is 14.3. The minimum absolute atomic E-state index is 0.256. The van der Waals surface area contributed by atoms with Gasteiger partial charge in [0.05, 0.1) is 6.04 Å². The number of aromatic nitrogens is 1. The molecule has 0 fully saturated rings. The summed E-state index contributed by atoms with van der Waals surface area (Å²) in [6, 6.07) is -0.693. The first-order valence-electron chi connectivity index (χ1n) is 4.18. The average Bonchev–Trinajstić information content (AvgIpc) is 2.67. The standard InChI is InChI=1S/C8H14N2O2S2/c1-13-4-2-6(9)8(11,12)7-10-3-5-14-7/h3,5-6,11-12H,2,4,9H2,1H3. The molecule has 0 saturated carbocycles. The lowest BCUT2D eigenvalue weighted by Gasteiger charge is -2.25. The molecule has 1 aromatic rings. The fraction of sp³-hybridized carbons (Fsp3) is 0.625. The molecule has 4 N–H and O–H groups in total. The molecule has 0 saturated heterocycles.